The van der Waals surface area contributed by atoms with Gasteiger partial charge in [-0.3, -0.25) is 4.98 Å². The number of pyridine rings is 1. The number of unbranched alkanes of at least 4 members (excludes halogenated alkanes) is 3. The molecule has 1 unspecified atom stereocenters. The molecule has 2 heteroatoms. The van der Waals surface area contributed by atoms with Crippen LogP contribution in [-0.4, -0.2) is 4.98 Å². The molecule has 0 amide bonds. The van der Waals surface area contributed by atoms with Crippen LogP contribution in [0.2, 0.25) is 0 Å². The van der Waals surface area contributed by atoms with Crippen LogP contribution >= 0.6 is 0 Å². The maximum atomic E-state index is 6.13. The first-order chi connectivity index (χ1) is 7.74. The van der Waals surface area contributed by atoms with Crippen molar-refractivity contribution >= 4 is 0 Å². The van der Waals surface area contributed by atoms with E-state index in [1.165, 1.54) is 24.8 Å². The normalized spacial score (nSPS) is 12.4. The van der Waals surface area contributed by atoms with E-state index in [2.05, 4.69) is 17.6 Å². The van der Waals surface area contributed by atoms with E-state index < -0.39 is 0 Å². The molecule has 0 aliphatic carbocycles. The van der Waals surface area contributed by atoms with Gasteiger partial charge in [0.1, 0.15) is 0 Å². The van der Waals surface area contributed by atoms with Gasteiger partial charge in [0.25, 0.3) is 0 Å². The summed E-state index contributed by atoms with van der Waals surface area (Å²) in [6, 6.07) is 4.25. The number of hydrogen-bond acceptors (Lipinski definition) is 2. The maximum Gasteiger partial charge on any atom is 0.0375 e. The standard InChI is InChI=1S/C14H22N2/c1-3-4-5-6-7-8-14(15)13-9-10-16-12(2)11-13/h3,9-11,14H,1,4-8,15H2,2H3. The Hall–Kier alpha value is -1.15. The largest absolute Gasteiger partial charge is 0.324 e. The van der Waals surface area contributed by atoms with Gasteiger partial charge in [-0.15, -0.1) is 6.58 Å². The molecule has 0 spiro atoms. The van der Waals surface area contributed by atoms with Gasteiger partial charge in [-0.25, -0.2) is 0 Å². The molecule has 1 heterocycles. The van der Waals surface area contributed by atoms with Crippen LogP contribution in [-0.2, 0) is 0 Å². The minimum absolute atomic E-state index is 0.158. The van der Waals surface area contributed by atoms with Crippen LogP contribution in [0.1, 0.15) is 49.4 Å². The van der Waals surface area contributed by atoms with E-state index in [1.807, 2.05) is 25.3 Å². The molecule has 0 radical (unpaired) electrons. The summed E-state index contributed by atoms with van der Waals surface area (Å²) in [5.74, 6) is 0. The summed E-state index contributed by atoms with van der Waals surface area (Å²) in [5, 5.41) is 0. The average molecular weight is 218 g/mol. The van der Waals surface area contributed by atoms with Gasteiger partial charge in [0.15, 0.2) is 0 Å². The van der Waals surface area contributed by atoms with E-state index in [9.17, 15) is 0 Å². The van der Waals surface area contributed by atoms with E-state index in [-0.39, 0.29) is 6.04 Å². The van der Waals surface area contributed by atoms with Gasteiger partial charge < -0.3 is 5.73 Å². The second-order valence-corrected chi connectivity index (χ2v) is 4.26. The number of nitrogens with zero attached hydrogens (tertiary/aromatic N) is 1. The zero-order valence-electron chi connectivity index (χ0n) is 10.2. The van der Waals surface area contributed by atoms with Crippen molar-refractivity contribution in [2.75, 3.05) is 0 Å². The number of aryl methyl sites for hydroxylation is 1. The fraction of sp³-hybridized carbons (Fsp3) is 0.500. The molecule has 0 aliphatic heterocycles. The Kier molecular flexibility index (Phi) is 5.79. The summed E-state index contributed by atoms with van der Waals surface area (Å²) in [4.78, 5) is 4.18. The highest BCUT2D eigenvalue weighted by atomic mass is 14.7. The van der Waals surface area contributed by atoms with Gasteiger partial charge in [0, 0.05) is 17.9 Å². The first-order valence-corrected chi connectivity index (χ1v) is 6.03. The van der Waals surface area contributed by atoms with Gasteiger partial charge in [-0.05, 0) is 43.9 Å². The van der Waals surface area contributed by atoms with E-state index >= 15 is 0 Å². The molecule has 16 heavy (non-hydrogen) atoms. The third-order valence-corrected chi connectivity index (χ3v) is 2.77. The van der Waals surface area contributed by atoms with Crippen LogP contribution < -0.4 is 5.73 Å². The summed E-state index contributed by atoms with van der Waals surface area (Å²) >= 11 is 0. The van der Waals surface area contributed by atoms with Crippen molar-refractivity contribution in [3.63, 3.8) is 0 Å². The molecule has 2 nitrogen and oxygen atoms in total. The quantitative estimate of drug-likeness (QED) is 0.561. The van der Waals surface area contributed by atoms with Crippen LogP contribution in [0.15, 0.2) is 31.0 Å². The third kappa shape index (κ3) is 4.58. The summed E-state index contributed by atoms with van der Waals surface area (Å²) in [6.07, 6.45) is 9.64. The van der Waals surface area contributed by atoms with E-state index in [4.69, 9.17) is 5.73 Å². The maximum absolute atomic E-state index is 6.13. The Morgan fingerprint density at radius 1 is 1.44 bits per heavy atom. The second kappa shape index (κ2) is 7.18. The fourth-order valence-corrected chi connectivity index (χ4v) is 1.79. The van der Waals surface area contributed by atoms with Crippen molar-refractivity contribution in [3.8, 4) is 0 Å². The van der Waals surface area contributed by atoms with Crippen molar-refractivity contribution in [2.45, 2.75) is 45.1 Å². The number of rotatable bonds is 7. The molecule has 1 aromatic rings. The van der Waals surface area contributed by atoms with Crippen molar-refractivity contribution in [3.05, 3.63) is 42.2 Å². The zero-order valence-corrected chi connectivity index (χ0v) is 10.2. The van der Waals surface area contributed by atoms with Crippen LogP contribution in [0.25, 0.3) is 0 Å². The van der Waals surface area contributed by atoms with Crippen molar-refractivity contribution in [1.29, 1.82) is 0 Å². The van der Waals surface area contributed by atoms with E-state index in [0.29, 0.717) is 0 Å². The SMILES string of the molecule is C=CCCCCCC(N)c1ccnc(C)c1. The van der Waals surface area contributed by atoms with Crippen LogP contribution in [0.3, 0.4) is 0 Å². The zero-order chi connectivity index (χ0) is 11.8. The molecule has 0 aromatic carbocycles. The van der Waals surface area contributed by atoms with Crippen molar-refractivity contribution in [1.82, 2.24) is 4.98 Å². The number of aromatic nitrogens is 1. The summed E-state index contributed by atoms with van der Waals surface area (Å²) in [6.45, 7) is 5.72. The number of hydrogen-bond donors (Lipinski definition) is 1. The monoisotopic (exact) mass is 218 g/mol. The molecular formula is C14H22N2. The molecule has 1 rings (SSSR count). The molecule has 1 aromatic heterocycles. The van der Waals surface area contributed by atoms with Gasteiger partial charge in [-0.2, -0.15) is 0 Å². The predicted molar refractivity (Wildman–Crippen MR) is 69.2 cm³/mol. The van der Waals surface area contributed by atoms with Gasteiger partial charge in [0.05, 0.1) is 0 Å². The molecule has 88 valence electrons. The topological polar surface area (TPSA) is 38.9 Å². The summed E-state index contributed by atoms with van der Waals surface area (Å²) < 4.78 is 0. The Bertz CT molecular complexity index is 320. The van der Waals surface area contributed by atoms with E-state index in [1.54, 1.807) is 0 Å². The van der Waals surface area contributed by atoms with Crippen LogP contribution in [0.5, 0.6) is 0 Å². The molecule has 0 saturated heterocycles. The Morgan fingerprint density at radius 3 is 2.94 bits per heavy atom. The molecule has 2 N–H and O–H groups in total. The minimum atomic E-state index is 0.158. The van der Waals surface area contributed by atoms with Crippen molar-refractivity contribution < 1.29 is 0 Å². The van der Waals surface area contributed by atoms with Gasteiger partial charge in [0.2, 0.25) is 0 Å². The molecule has 0 aliphatic rings. The first-order valence-electron chi connectivity index (χ1n) is 6.03. The lowest BCUT2D eigenvalue weighted by Crippen LogP contribution is -2.10. The lowest BCUT2D eigenvalue weighted by atomic mass is 10.0. The summed E-state index contributed by atoms with van der Waals surface area (Å²) in [5.41, 5.74) is 8.38. The summed E-state index contributed by atoms with van der Waals surface area (Å²) in [7, 11) is 0. The lowest BCUT2D eigenvalue weighted by molar-refractivity contribution is 0.571. The first kappa shape index (κ1) is 12.9. The average Bonchev–Trinajstić information content (AvgIpc) is 2.28. The number of nitrogens with two attached hydrogens (primary N) is 1. The number of allylic oxidation sites excluding steroid dienone is 1. The smallest absolute Gasteiger partial charge is 0.0375 e. The molecule has 0 bridgehead atoms. The molecule has 0 fully saturated rings. The Morgan fingerprint density at radius 2 is 2.25 bits per heavy atom. The second-order valence-electron chi connectivity index (χ2n) is 4.26. The fourth-order valence-electron chi connectivity index (χ4n) is 1.79. The molecule has 1 atom stereocenters. The Balaban J connectivity index is 2.29. The van der Waals surface area contributed by atoms with Crippen LogP contribution in [0, 0.1) is 6.92 Å². The highest BCUT2D eigenvalue weighted by molar-refractivity contribution is 5.18. The van der Waals surface area contributed by atoms with E-state index in [0.717, 1.165) is 18.5 Å². The third-order valence-electron chi connectivity index (χ3n) is 2.77. The molecular weight excluding hydrogens is 196 g/mol. The van der Waals surface area contributed by atoms with Gasteiger partial charge >= 0.3 is 0 Å². The van der Waals surface area contributed by atoms with Crippen molar-refractivity contribution in [2.24, 2.45) is 5.73 Å². The Labute approximate surface area is 98.6 Å². The van der Waals surface area contributed by atoms with Gasteiger partial charge in [-0.1, -0.05) is 18.9 Å². The predicted octanol–water partition coefficient (Wildman–Crippen LogP) is 3.53. The highest BCUT2D eigenvalue weighted by Crippen LogP contribution is 2.17. The lowest BCUT2D eigenvalue weighted by Gasteiger charge is -2.11. The molecule has 0 saturated carbocycles. The minimum Gasteiger partial charge on any atom is -0.324 e. The highest BCUT2D eigenvalue weighted by Gasteiger charge is 2.05. The van der Waals surface area contributed by atoms with Crippen LogP contribution in [0.4, 0.5) is 0 Å².